The second-order valence-corrected chi connectivity index (χ2v) is 8.33. The molecule has 10 heteroatoms. The fourth-order valence-corrected chi connectivity index (χ4v) is 3.96. The fraction of sp³-hybridized carbons (Fsp3) is 0.444. The number of halogens is 1. The van der Waals surface area contributed by atoms with Gasteiger partial charge >= 0.3 is 0 Å². The first-order chi connectivity index (χ1) is 12.8. The number of aliphatic imine (C=N–C) groups is 1. The van der Waals surface area contributed by atoms with Gasteiger partial charge in [-0.3, -0.25) is 9.67 Å². The Bertz CT molecular complexity index is 862. The number of rotatable bonds is 8. The lowest BCUT2D eigenvalue weighted by Gasteiger charge is -2.13. The van der Waals surface area contributed by atoms with Crippen LogP contribution in [0.15, 0.2) is 41.5 Å². The van der Waals surface area contributed by atoms with Crippen LogP contribution in [0.25, 0.3) is 0 Å². The van der Waals surface area contributed by atoms with E-state index in [4.69, 9.17) is 0 Å². The zero-order valence-corrected chi connectivity index (χ0v) is 19.8. The van der Waals surface area contributed by atoms with Gasteiger partial charge in [-0.2, -0.15) is 5.10 Å². The number of aryl methyl sites for hydroxylation is 1. The van der Waals surface area contributed by atoms with Crippen molar-refractivity contribution in [2.45, 2.75) is 38.7 Å². The van der Waals surface area contributed by atoms with Crippen LogP contribution in [0.5, 0.6) is 0 Å². The van der Waals surface area contributed by atoms with Crippen LogP contribution < -0.4 is 15.4 Å². The quantitative estimate of drug-likeness (QED) is 0.280. The van der Waals surface area contributed by atoms with Gasteiger partial charge in [0.2, 0.25) is 10.0 Å². The summed E-state index contributed by atoms with van der Waals surface area (Å²) in [4.78, 5) is 4.20. The van der Waals surface area contributed by atoms with Crippen molar-refractivity contribution in [2.24, 2.45) is 12.0 Å². The number of sulfonamides is 1. The van der Waals surface area contributed by atoms with Gasteiger partial charge in [-0.05, 0) is 31.0 Å². The van der Waals surface area contributed by atoms with Gasteiger partial charge in [-0.1, -0.05) is 24.3 Å². The lowest BCUT2D eigenvalue weighted by Crippen LogP contribution is -2.36. The Morgan fingerprint density at radius 1 is 1.11 bits per heavy atom. The molecule has 1 heterocycles. The van der Waals surface area contributed by atoms with Gasteiger partial charge in [0, 0.05) is 32.9 Å². The van der Waals surface area contributed by atoms with Gasteiger partial charge in [0.05, 0.1) is 18.0 Å². The average molecular weight is 520 g/mol. The zero-order chi connectivity index (χ0) is 19.9. The molecule has 2 rings (SSSR count). The average Bonchev–Trinajstić information content (AvgIpc) is 3.00. The Labute approximate surface area is 184 Å². The molecule has 1 aromatic heterocycles. The van der Waals surface area contributed by atoms with Crippen LogP contribution in [0.2, 0.25) is 0 Å². The minimum Gasteiger partial charge on any atom is -0.352 e. The van der Waals surface area contributed by atoms with E-state index >= 15 is 0 Å². The van der Waals surface area contributed by atoms with E-state index in [-0.39, 0.29) is 35.8 Å². The number of guanidine groups is 1. The van der Waals surface area contributed by atoms with Gasteiger partial charge in [0.15, 0.2) is 5.96 Å². The molecule has 0 saturated heterocycles. The Balaban J connectivity index is 0.00000392. The summed E-state index contributed by atoms with van der Waals surface area (Å²) in [5, 5.41) is 10.6. The molecule has 0 aliphatic rings. The predicted octanol–water partition coefficient (Wildman–Crippen LogP) is 1.73. The minimum atomic E-state index is -3.31. The molecular formula is C18H29IN6O2S. The highest BCUT2D eigenvalue weighted by molar-refractivity contribution is 14.0. The molecule has 156 valence electrons. The maximum Gasteiger partial charge on any atom is 0.216 e. The van der Waals surface area contributed by atoms with E-state index < -0.39 is 10.0 Å². The van der Waals surface area contributed by atoms with Gasteiger partial charge in [-0.15, -0.1) is 24.0 Å². The Hall–Kier alpha value is -1.66. The maximum absolute atomic E-state index is 12.0. The molecule has 0 bridgehead atoms. The first-order valence-electron chi connectivity index (χ1n) is 8.78. The summed E-state index contributed by atoms with van der Waals surface area (Å²) in [5.41, 5.74) is 2.85. The molecule has 28 heavy (non-hydrogen) atoms. The Morgan fingerprint density at radius 3 is 2.25 bits per heavy atom. The molecule has 0 unspecified atom stereocenters. The Morgan fingerprint density at radius 2 is 1.71 bits per heavy atom. The van der Waals surface area contributed by atoms with Crippen LogP contribution in [0.1, 0.15) is 30.7 Å². The van der Waals surface area contributed by atoms with E-state index in [1.807, 2.05) is 51.2 Å². The van der Waals surface area contributed by atoms with Gasteiger partial charge in [0.1, 0.15) is 0 Å². The molecule has 2 aromatic rings. The molecule has 3 N–H and O–H groups in total. The molecule has 0 amide bonds. The van der Waals surface area contributed by atoms with Crippen molar-refractivity contribution < 1.29 is 8.42 Å². The third-order valence-corrected chi connectivity index (χ3v) is 5.38. The third kappa shape index (κ3) is 8.15. The summed E-state index contributed by atoms with van der Waals surface area (Å²) in [6.07, 6.45) is 1.76. The van der Waals surface area contributed by atoms with Crippen molar-refractivity contribution in [3.05, 3.63) is 53.3 Å². The third-order valence-electron chi connectivity index (χ3n) is 3.84. The molecule has 1 aromatic carbocycles. The summed E-state index contributed by atoms with van der Waals surface area (Å²) in [5.74, 6) is 0.663. The Kier molecular flexibility index (Phi) is 9.90. The van der Waals surface area contributed by atoms with Gasteiger partial charge in [-0.25, -0.2) is 13.1 Å². The van der Waals surface area contributed by atoms with Gasteiger partial charge in [0.25, 0.3) is 0 Å². The zero-order valence-electron chi connectivity index (χ0n) is 16.6. The number of hydrogen-bond donors (Lipinski definition) is 3. The number of nitrogens with one attached hydrogen (secondary N) is 3. The van der Waals surface area contributed by atoms with E-state index in [9.17, 15) is 8.42 Å². The predicted molar refractivity (Wildman–Crippen MR) is 123 cm³/mol. The maximum atomic E-state index is 12.0. The van der Waals surface area contributed by atoms with Crippen LogP contribution in [0.4, 0.5) is 0 Å². The van der Waals surface area contributed by atoms with Crippen LogP contribution in [0, 0.1) is 0 Å². The van der Waals surface area contributed by atoms with Crippen LogP contribution in [-0.4, -0.2) is 37.2 Å². The lowest BCUT2D eigenvalue weighted by atomic mass is 10.1. The SMILES string of the molecule is CN=C(NCc1ccc(CS(=O)(=O)NC(C)C)cc1)NCc1ccnn1C.I. The van der Waals surface area contributed by atoms with Crippen LogP contribution in [0.3, 0.4) is 0 Å². The number of benzene rings is 1. The summed E-state index contributed by atoms with van der Waals surface area (Å²) in [6, 6.07) is 9.35. The fourth-order valence-electron chi connectivity index (χ4n) is 2.53. The standard InChI is InChI=1S/C18H28N6O2S.HI/c1-14(2)23-27(25,26)13-16-7-5-15(6-8-16)11-20-18(19-3)21-12-17-9-10-22-24(17)4;/h5-10,14,23H,11-13H2,1-4H3,(H2,19,20,21);1H. The molecule has 0 radical (unpaired) electrons. The highest BCUT2D eigenvalue weighted by Gasteiger charge is 2.12. The minimum absolute atomic E-state index is 0. The summed E-state index contributed by atoms with van der Waals surface area (Å²) in [7, 11) is 0.300. The first kappa shape index (κ1) is 24.4. The van der Waals surface area contributed by atoms with E-state index in [0.29, 0.717) is 19.0 Å². The highest BCUT2D eigenvalue weighted by Crippen LogP contribution is 2.08. The lowest BCUT2D eigenvalue weighted by molar-refractivity contribution is 0.569. The monoisotopic (exact) mass is 520 g/mol. The smallest absolute Gasteiger partial charge is 0.216 e. The van der Waals surface area contributed by atoms with Crippen molar-refractivity contribution in [1.82, 2.24) is 25.1 Å². The van der Waals surface area contributed by atoms with Crippen molar-refractivity contribution >= 4 is 40.0 Å². The van der Waals surface area contributed by atoms with Crippen LogP contribution in [-0.2, 0) is 35.9 Å². The molecule has 0 fully saturated rings. The van der Waals surface area contributed by atoms with E-state index in [2.05, 4.69) is 25.4 Å². The molecule has 0 saturated carbocycles. The van der Waals surface area contributed by atoms with Crippen molar-refractivity contribution in [3.63, 3.8) is 0 Å². The largest absolute Gasteiger partial charge is 0.352 e. The number of nitrogens with zero attached hydrogens (tertiary/aromatic N) is 3. The van der Waals surface area contributed by atoms with Crippen molar-refractivity contribution in [3.8, 4) is 0 Å². The molecule has 0 atom stereocenters. The molecule has 8 nitrogen and oxygen atoms in total. The van der Waals surface area contributed by atoms with Crippen LogP contribution >= 0.6 is 24.0 Å². The molecule has 0 spiro atoms. The van der Waals surface area contributed by atoms with Crippen molar-refractivity contribution in [2.75, 3.05) is 7.05 Å². The first-order valence-corrected chi connectivity index (χ1v) is 10.4. The molecule has 0 aliphatic carbocycles. The second-order valence-electron chi connectivity index (χ2n) is 6.57. The van der Waals surface area contributed by atoms with E-state index in [1.54, 1.807) is 17.9 Å². The second kappa shape index (κ2) is 11.4. The normalized spacial score (nSPS) is 12.0. The summed E-state index contributed by atoms with van der Waals surface area (Å²) >= 11 is 0. The molecular weight excluding hydrogens is 491 g/mol. The van der Waals surface area contributed by atoms with E-state index in [0.717, 1.165) is 16.8 Å². The van der Waals surface area contributed by atoms with Crippen molar-refractivity contribution in [1.29, 1.82) is 0 Å². The number of aromatic nitrogens is 2. The summed E-state index contributed by atoms with van der Waals surface area (Å²) in [6.45, 7) is 4.82. The molecule has 0 aliphatic heterocycles. The van der Waals surface area contributed by atoms with E-state index in [1.165, 1.54) is 0 Å². The topological polar surface area (TPSA) is 100 Å². The highest BCUT2D eigenvalue weighted by atomic mass is 127. The number of hydrogen-bond acceptors (Lipinski definition) is 4. The summed E-state index contributed by atoms with van der Waals surface area (Å²) < 4.78 is 28.4. The van der Waals surface area contributed by atoms with Gasteiger partial charge < -0.3 is 10.6 Å².